The zero-order valence-electron chi connectivity index (χ0n) is 18.8. The summed E-state index contributed by atoms with van der Waals surface area (Å²) in [7, 11) is 4.48. The van der Waals surface area contributed by atoms with Gasteiger partial charge in [0.1, 0.15) is 5.82 Å². The summed E-state index contributed by atoms with van der Waals surface area (Å²) in [6.07, 6.45) is 0. The summed E-state index contributed by atoms with van der Waals surface area (Å²) in [5.41, 5.74) is 2.63. The number of amides is 1. The predicted molar refractivity (Wildman–Crippen MR) is 123 cm³/mol. The molecule has 0 spiro atoms. The van der Waals surface area contributed by atoms with Gasteiger partial charge in [-0.15, -0.1) is 0 Å². The number of carbonyl (C=O) groups excluding carboxylic acids is 1. The Morgan fingerprint density at radius 1 is 1.06 bits per heavy atom. The third kappa shape index (κ3) is 4.08. The Morgan fingerprint density at radius 3 is 2.39 bits per heavy atom. The van der Waals surface area contributed by atoms with Gasteiger partial charge in [0.05, 0.1) is 44.7 Å². The average molecular weight is 451 g/mol. The molecule has 2 heterocycles. The minimum atomic E-state index is -0.389. The number of aliphatic hydroxyl groups is 1. The molecule has 4 rings (SSSR count). The number of ether oxygens (including phenoxy) is 3. The highest BCUT2D eigenvalue weighted by Crippen LogP contribution is 2.38. The summed E-state index contributed by atoms with van der Waals surface area (Å²) in [6.45, 7) is 2.08. The first-order valence-corrected chi connectivity index (χ1v) is 10.2. The normalized spacial score (nSPS) is 10.9. The number of aromatic nitrogens is 4. The number of benzene rings is 2. The highest BCUT2D eigenvalue weighted by atomic mass is 16.5. The van der Waals surface area contributed by atoms with Crippen molar-refractivity contribution >= 4 is 22.8 Å². The van der Waals surface area contributed by atoms with Crippen LogP contribution in [0.4, 0.5) is 5.82 Å². The van der Waals surface area contributed by atoms with E-state index in [0.29, 0.717) is 46.8 Å². The lowest BCUT2D eigenvalue weighted by atomic mass is 10.1. The van der Waals surface area contributed by atoms with Gasteiger partial charge in [0.15, 0.2) is 11.5 Å². The smallest absolute Gasteiger partial charge is 0.257 e. The standard InChI is InChI=1S/C23H25N5O5/c1-14-11-20(25-22(30)15-12-18(31-2)21(33-4)19(13-15)32-3)28(26-14)23-24-16-7-5-6-8-17(16)27(23)9-10-29/h5-8,11-13,29H,9-10H2,1-4H3,(H,25,30). The topological polar surface area (TPSA) is 113 Å². The zero-order valence-corrected chi connectivity index (χ0v) is 18.8. The maximum Gasteiger partial charge on any atom is 0.257 e. The molecule has 2 N–H and O–H groups in total. The summed E-state index contributed by atoms with van der Waals surface area (Å²) in [4.78, 5) is 17.8. The highest BCUT2D eigenvalue weighted by molar-refractivity contribution is 6.04. The molecular weight excluding hydrogens is 426 g/mol. The Balaban J connectivity index is 1.75. The number of imidazole rings is 1. The molecule has 0 aliphatic rings. The van der Waals surface area contributed by atoms with Gasteiger partial charge in [-0.1, -0.05) is 12.1 Å². The first kappa shape index (κ1) is 22.2. The number of anilines is 1. The summed E-state index contributed by atoms with van der Waals surface area (Å²) < 4.78 is 19.5. The van der Waals surface area contributed by atoms with Crippen LogP contribution in [-0.2, 0) is 6.54 Å². The molecule has 0 fully saturated rings. The molecule has 0 bridgehead atoms. The van der Waals surface area contributed by atoms with Crippen LogP contribution in [0.5, 0.6) is 17.2 Å². The van der Waals surface area contributed by atoms with Crippen molar-refractivity contribution in [1.29, 1.82) is 0 Å². The molecule has 1 amide bonds. The molecule has 10 heteroatoms. The second-order valence-corrected chi connectivity index (χ2v) is 7.23. The number of fused-ring (bicyclic) bond motifs is 1. The van der Waals surface area contributed by atoms with Gasteiger partial charge in [-0.2, -0.15) is 9.78 Å². The summed E-state index contributed by atoms with van der Waals surface area (Å²) >= 11 is 0. The Kier molecular flexibility index (Phi) is 6.18. The van der Waals surface area contributed by atoms with E-state index < -0.39 is 0 Å². The Morgan fingerprint density at radius 2 is 1.76 bits per heavy atom. The summed E-state index contributed by atoms with van der Waals surface area (Å²) in [5, 5.41) is 17.0. The van der Waals surface area contributed by atoms with Crippen molar-refractivity contribution in [3.8, 4) is 23.2 Å². The lowest BCUT2D eigenvalue weighted by Crippen LogP contribution is -2.18. The Bertz CT molecular complexity index is 1290. The van der Waals surface area contributed by atoms with Crippen LogP contribution in [0.3, 0.4) is 0 Å². The van der Waals surface area contributed by atoms with Crippen molar-refractivity contribution in [2.45, 2.75) is 13.5 Å². The molecule has 10 nitrogen and oxygen atoms in total. The molecule has 2 aromatic carbocycles. The number of hydrogen-bond acceptors (Lipinski definition) is 7. The van der Waals surface area contributed by atoms with Crippen LogP contribution in [-0.4, -0.2) is 58.3 Å². The fraction of sp³-hybridized carbons (Fsp3) is 0.261. The van der Waals surface area contributed by atoms with Crippen molar-refractivity contribution in [3.63, 3.8) is 0 Å². The largest absolute Gasteiger partial charge is 0.493 e. The fourth-order valence-electron chi connectivity index (χ4n) is 3.69. The Hall–Kier alpha value is -4.05. The lowest BCUT2D eigenvalue weighted by molar-refractivity contribution is 0.102. The second-order valence-electron chi connectivity index (χ2n) is 7.23. The molecule has 0 saturated carbocycles. The highest BCUT2D eigenvalue weighted by Gasteiger charge is 2.21. The molecule has 33 heavy (non-hydrogen) atoms. The first-order chi connectivity index (χ1) is 16.0. The molecular formula is C23H25N5O5. The number of hydrogen-bond donors (Lipinski definition) is 2. The number of rotatable bonds is 8. The van der Waals surface area contributed by atoms with E-state index in [9.17, 15) is 9.90 Å². The molecule has 0 unspecified atom stereocenters. The third-order valence-electron chi connectivity index (χ3n) is 5.15. The van der Waals surface area contributed by atoms with Crippen molar-refractivity contribution in [3.05, 3.63) is 53.7 Å². The van der Waals surface area contributed by atoms with E-state index in [4.69, 9.17) is 14.2 Å². The van der Waals surface area contributed by atoms with Crippen LogP contribution in [0, 0.1) is 6.92 Å². The van der Waals surface area contributed by atoms with Crippen LogP contribution in [0.15, 0.2) is 42.5 Å². The molecule has 4 aromatic rings. The van der Waals surface area contributed by atoms with Gasteiger partial charge in [-0.25, -0.2) is 4.98 Å². The van der Waals surface area contributed by atoms with E-state index in [1.807, 2.05) is 35.8 Å². The van der Waals surface area contributed by atoms with Crippen LogP contribution in [0.2, 0.25) is 0 Å². The molecule has 0 radical (unpaired) electrons. The second kappa shape index (κ2) is 9.21. The summed E-state index contributed by atoms with van der Waals surface area (Å²) in [5.74, 6) is 1.67. The van der Waals surface area contributed by atoms with Gasteiger partial charge < -0.3 is 29.2 Å². The number of nitrogens with one attached hydrogen (secondary N) is 1. The number of methoxy groups -OCH3 is 3. The van der Waals surface area contributed by atoms with Crippen molar-refractivity contribution in [2.75, 3.05) is 33.3 Å². The van der Waals surface area contributed by atoms with Gasteiger partial charge in [-0.3, -0.25) is 4.79 Å². The van der Waals surface area contributed by atoms with Gasteiger partial charge in [-0.05, 0) is 31.2 Å². The molecule has 0 atom stereocenters. The van der Waals surface area contributed by atoms with Crippen molar-refractivity contribution in [2.24, 2.45) is 0 Å². The van der Waals surface area contributed by atoms with E-state index in [1.54, 1.807) is 22.9 Å². The maximum absolute atomic E-state index is 13.2. The number of carbonyl (C=O) groups is 1. The number of aliphatic hydroxyl groups excluding tert-OH is 1. The SMILES string of the molecule is COc1cc(C(=O)Nc2cc(C)nn2-c2nc3ccccc3n2CCO)cc(OC)c1OC. The van der Waals surface area contributed by atoms with Gasteiger partial charge >= 0.3 is 0 Å². The number of nitrogens with zero attached hydrogens (tertiary/aromatic N) is 4. The number of aryl methyl sites for hydroxylation is 1. The molecule has 2 aromatic heterocycles. The molecule has 0 aliphatic heterocycles. The maximum atomic E-state index is 13.2. The predicted octanol–water partition coefficient (Wildman–Crippen LogP) is 2.80. The lowest BCUT2D eigenvalue weighted by Gasteiger charge is -2.14. The monoisotopic (exact) mass is 451 g/mol. The van der Waals surface area contributed by atoms with Crippen LogP contribution in [0.1, 0.15) is 16.1 Å². The van der Waals surface area contributed by atoms with E-state index in [1.165, 1.54) is 21.3 Å². The number of para-hydroxylation sites is 2. The van der Waals surface area contributed by atoms with E-state index in [0.717, 1.165) is 11.0 Å². The zero-order chi connectivity index (χ0) is 23.5. The van der Waals surface area contributed by atoms with Gasteiger partial charge in [0, 0.05) is 18.2 Å². The van der Waals surface area contributed by atoms with E-state index in [2.05, 4.69) is 15.4 Å². The minimum absolute atomic E-state index is 0.0687. The van der Waals surface area contributed by atoms with E-state index >= 15 is 0 Å². The molecule has 0 aliphatic carbocycles. The van der Waals surface area contributed by atoms with Crippen LogP contribution >= 0.6 is 0 Å². The summed E-state index contributed by atoms with van der Waals surface area (Å²) in [6, 6.07) is 12.5. The van der Waals surface area contributed by atoms with Crippen molar-refractivity contribution in [1.82, 2.24) is 19.3 Å². The Labute approximate surface area is 190 Å². The fourth-order valence-corrected chi connectivity index (χ4v) is 3.69. The third-order valence-corrected chi connectivity index (χ3v) is 5.15. The average Bonchev–Trinajstić information content (AvgIpc) is 3.37. The van der Waals surface area contributed by atoms with Gasteiger partial charge in [0.2, 0.25) is 11.7 Å². The van der Waals surface area contributed by atoms with Crippen LogP contribution < -0.4 is 19.5 Å². The minimum Gasteiger partial charge on any atom is -0.493 e. The van der Waals surface area contributed by atoms with Crippen molar-refractivity contribution < 1.29 is 24.1 Å². The van der Waals surface area contributed by atoms with Crippen LogP contribution in [0.25, 0.3) is 17.0 Å². The first-order valence-electron chi connectivity index (χ1n) is 10.2. The molecule has 0 saturated heterocycles. The quantitative estimate of drug-likeness (QED) is 0.424. The molecule has 172 valence electrons. The van der Waals surface area contributed by atoms with Gasteiger partial charge in [0.25, 0.3) is 5.91 Å². The van der Waals surface area contributed by atoms with E-state index in [-0.39, 0.29) is 12.5 Å².